The van der Waals surface area contributed by atoms with Crippen LogP contribution in [0.5, 0.6) is 5.75 Å². The van der Waals surface area contributed by atoms with Gasteiger partial charge in [-0.25, -0.2) is 0 Å². The molecule has 0 fully saturated rings. The molecule has 0 saturated heterocycles. The monoisotopic (exact) mass is 381 g/mol. The standard InChI is InChI=1S/C24H19N3O2/c1-27(16-19-11-9-18(14-25)10-12-19)24(28)20-7-4-8-23(13-20)29-17-22-6-3-2-5-21(22)15-26/h2-13H,16-17H2,1H3. The van der Waals surface area contributed by atoms with Gasteiger partial charge in [0.1, 0.15) is 12.4 Å². The van der Waals surface area contributed by atoms with Crippen molar-refractivity contribution in [1.29, 1.82) is 10.5 Å². The fourth-order valence-electron chi connectivity index (χ4n) is 2.89. The minimum absolute atomic E-state index is 0.128. The van der Waals surface area contributed by atoms with Crippen molar-refractivity contribution in [3.63, 3.8) is 0 Å². The fraction of sp³-hybridized carbons (Fsp3) is 0.125. The zero-order chi connectivity index (χ0) is 20.6. The van der Waals surface area contributed by atoms with Crippen LogP contribution in [0.1, 0.15) is 32.6 Å². The van der Waals surface area contributed by atoms with Crippen molar-refractivity contribution in [2.24, 2.45) is 0 Å². The number of amides is 1. The van der Waals surface area contributed by atoms with E-state index < -0.39 is 0 Å². The second-order valence-corrected chi connectivity index (χ2v) is 6.56. The fourth-order valence-corrected chi connectivity index (χ4v) is 2.89. The van der Waals surface area contributed by atoms with E-state index in [1.165, 1.54) is 0 Å². The van der Waals surface area contributed by atoms with Gasteiger partial charge in [-0.15, -0.1) is 0 Å². The highest BCUT2D eigenvalue weighted by Gasteiger charge is 2.13. The highest BCUT2D eigenvalue weighted by molar-refractivity contribution is 5.94. The number of nitrogens with zero attached hydrogens (tertiary/aromatic N) is 3. The smallest absolute Gasteiger partial charge is 0.254 e. The van der Waals surface area contributed by atoms with Crippen LogP contribution >= 0.6 is 0 Å². The predicted octanol–water partition coefficient (Wildman–Crippen LogP) is 4.28. The van der Waals surface area contributed by atoms with Crippen molar-refractivity contribution in [2.75, 3.05) is 7.05 Å². The van der Waals surface area contributed by atoms with Crippen LogP contribution in [0.4, 0.5) is 0 Å². The summed E-state index contributed by atoms with van der Waals surface area (Å²) < 4.78 is 5.80. The van der Waals surface area contributed by atoms with Gasteiger partial charge in [-0.1, -0.05) is 36.4 Å². The molecule has 0 N–H and O–H groups in total. The first-order chi connectivity index (χ1) is 14.1. The van der Waals surface area contributed by atoms with Gasteiger partial charge >= 0.3 is 0 Å². The Hall–Kier alpha value is -4.09. The molecular weight excluding hydrogens is 362 g/mol. The van der Waals surface area contributed by atoms with Crippen molar-refractivity contribution >= 4 is 5.91 Å². The van der Waals surface area contributed by atoms with Gasteiger partial charge in [-0.05, 0) is 42.0 Å². The van der Waals surface area contributed by atoms with Crippen LogP contribution in [0, 0.1) is 22.7 Å². The average molecular weight is 381 g/mol. The van der Waals surface area contributed by atoms with E-state index in [1.54, 1.807) is 54.4 Å². The number of nitriles is 2. The van der Waals surface area contributed by atoms with Gasteiger partial charge in [-0.2, -0.15) is 10.5 Å². The first-order valence-corrected chi connectivity index (χ1v) is 9.06. The molecule has 0 aromatic heterocycles. The van der Waals surface area contributed by atoms with Gasteiger partial charge in [0, 0.05) is 24.7 Å². The number of benzene rings is 3. The number of carbonyl (C=O) groups is 1. The summed E-state index contributed by atoms with van der Waals surface area (Å²) in [5.41, 5.74) is 3.42. The van der Waals surface area contributed by atoms with E-state index >= 15 is 0 Å². The maximum Gasteiger partial charge on any atom is 0.254 e. The topological polar surface area (TPSA) is 77.1 Å². The lowest BCUT2D eigenvalue weighted by Gasteiger charge is -2.18. The Labute approximate surface area is 170 Å². The molecule has 0 aliphatic rings. The van der Waals surface area contributed by atoms with E-state index in [1.807, 2.05) is 30.3 Å². The molecule has 3 aromatic carbocycles. The number of hydrogen-bond donors (Lipinski definition) is 0. The maximum absolute atomic E-state index is 12.8. The van der Waals surface area contributed by atoms with Crippen LogP contribution in [0.15, 0.2) is 72.8 Å². The Bertz CT molecular complexity index is 1090. The van der Waals surface area contributed by atoms with Gasteiger partial charge in [0.2, 0.25) is 0 Å². The Morgan fingerprint density at radius 1 is 0.966 bits per heavy atom. The van der Waals surface area contributed by atoms with Crippen molar-refractivity contribution in [3.05, 3.63) is 101 Å². The first-order valence-electron chi connectivity index (χ1n) is 9.06. The van der Waals surface area contributed by atoms with E-state index in [0.717, 1.165) is 11.1 Å². The van der Waals surface area contributed by atoms with E-state index in [2.05, 4.69) is 12.1 Å². The zero-order valence-corrected chi connectivity index (χ0v) is 16.0. The SMILES string of the molecule is CN(Cc1ccc(C#N)cc1)C(=O)c1cccc(OCc2ccccc2C#N)c1. The second-order valence-electron chi connectivity index (χ2n) is 6.56. The molecule has 0 aliphatic heterocycles. The summed E-state index contributed by atoms with van der Waals surface area (Å²) in [5.74, 6) is 0.438. The van der Waals surface area contributed by atoms with Gasteiger partial charge in [0.05, 0.1) is 23.3 Å². The molecule has 5 nitrogen and oxygen atoms in total. The van der Waals surface area contributed by atoms with E-state index in [0.29, 0.717) is 29.0 Å². The molecular formula is C24H19N3O2. The van der Waals surface area contributed by atoms with Crippen molar-refractivity contribution < 1.29 is 9.53 Å². The van der Waals surface area contributed by atoms with Crippen LogP contribution in [-0.2, 0) is 13.2 Å². The molecule has 3 rings (SSSR count). The molecule has 0 radical (unpaired) electrons. The number of carbonyl (C=O) groups excluding carboxylic acids is 1. The van der Waals surface area contributed by atoms with Gasteiger partial charge in [0.25, 0.3) is 5.91 Å². The minimum atomic E-state index is -0.128. The Balaban J connectivity index is 1.67. The molecule has 0 saturated carbocycles. The number of ether oxygens (including phenoxy) is 1. The molecule has 142 valence electrons. The molecule has 1 amide bonds. The highest BCUT2D eigenvalue weighted by Crippen LogP contribution is 2.18. The third kappa shape index (κ3) is 5.00. The molecule has 5 heteroatoms. The summed E-state index contributed by atoms with van der Waals surface area (Å²) >= 11 is 0. The lowest BCUT2D eigenvalue weighted by atomic mass is 10.1. The Kier molecular flexibility index (Phi) is 6.25. The van der Waals surface area contributed by atoms with Gasteiger partial charge in [-0.3, -0.25) is 4.79 Å². The molecule has 29 heavy (non-hydrogen) atoms. The molecule has 0 unspecified atom stereocenters. The molecule has 0 bridgehead atoms. The summed E-state index contributed by atoms with van der Waals surface area (Å²) in [6, 6.07) is 25.7. The summed E-state index contributed by atoms with van der Waals surface area (Å²) in [4.78, 5) is 14.4. The first kappa shape index (κ1) is 19.7. The predicted molar refractivity (Wildman–Crippen MR) is 109 cm³/mol. The Morgan fingerprint density at radius 3 is 2.45 bits per heavy atom. The maximum atomic E-state index is 12.8. The normalized spacial score (nSPS) is 9.90. The number of rotatable bonds is 6. The molecule has 3 aromatic rings. The van der Waals surface area contributed by atoms with E-state index in [-0.39, 0.29) is 12.5 Å². The molecule has 0 aliphatic carbocycles. The lowest BCUT2D eigenvalue weighted by Crippen LogP contribution is -2.26. The zero-order valence-electron chi connectivity index (χ0n) is 16.0. The van der Waals surface area contributed by atoms with E-state index in [9.17, 15) is 10.1 Å². The molecule has 0 spiro atoms. The van der Waals surface area contributed by atoms with Crippen LogP contribution < -0.4 is 4.74 Å². The third-order valence-electron chi connectivity index (χ3n) is 4.46. The van der Waals surface area contributed by atoms with E-state index in [4.69, 9.17) is 10.00 Å². The van der Waals surface area contributed by atoms with Crippen LogP contribution in [-0.4, -0.2) is 17.9 Å². The highest BCUT2D eigenvalue weighted by atomic mass is 16.5. The largest absolute Gasteiger partial charge is 0.489 e. The van der Waals surface area contributed by atoms with Crippen LogP contribution in [0.3, 0.4) is 0 Å². The molecule has 0 atom stereocenters. The van der Waals surface area contributed by atoms with Gasteiger partial charge in [0.15, 0.2) is 0 Å². The van der Waals surface area contributed by atoms with Crippen molar-refractivity contribution in [1.82, 2.24) is 4.90 Å². The summed E-state index contributed by atoms with van der Waals surface area (Å²) in [7, 11) is 1.73. The molecule has 0 heterocycles. The quantitative estimate of drug-likeness (QED) is 0.638. The average Bonchev–Trinajstić information content (AvgIpc) is 2.78. The van der Waals surface area contributed by atoms with Crippen molar-refractivity contribution in [2.45, 2.75) is 13.2 Å². The Morgan fingerprint density at radius 2 is 1.72 bits per heavy atom. The summed E-state index contributed by atoms with van der Waals surface area (Å²) in [6.07, 6.45) is 0. The van der Waals surface area contributed by atoms with Crippen molar-refractivity contribution in [3.8, 4) is 17.9 Å². The van der Waals surface area contributed by atoms with Crippen LogP contribution in [0.25, 0.3) is 0 Å². The summed E-state index contributed by atoms with van der Waals surface area (Å²) in [6.45, 7) is 0.688. The van der Waals surface area contributed by atoms with Gasteiger partial charge < -0.3 is 9.64 Å². The third-order valence-corrected chi connectivity index (χ3v) is 4.46. The summed E-state index contributed by atoms with van der Waals surface area (Å²) in [5, 5.41) is 18.0. The lowest BCUT2D eigenvalue weighted by molar-refractivity contribution is 0.0784. The minimum Gasteiger partial charge on any atom is -0.489 e. The second kappa shape index (κ2) is 9.21. The number of hydrogen-bond acceptors (Lipinski definition) is 4. The van der Waals surface area contributed by atoms with Crippen LogP contribution in [0.2, 0.25) is 0 Å².